The van der Waals surface area contributed by atoms with Gasteiger partial charge in [-0.3, -0.25) is 4.90 Å². The number of halogens is 1. The summed E-state index contributed by atoms with van der Waals surface area (Å²) in [4.78, 5) is 2.10. The molecule has 3 rings (SSSR count). The summed E-state index contributed by atoms with van der Waals surface area (Å²) in [5.74, 6) is 0.511. The van der Waals surface area contributed by atoms with Gasteiger partial charge in [-0.15, -0.1) is 0 Å². The Bertz CT molecular complexity index is 599. The summed E-state index contributed by atoms with van der Waals surface area (Å²) < 4.78 is 18.6. The quantitative estimate of drug-likeness (QED) is 0.935. The first kappa shape index (κ1) is 13.3. The van der Waals surface area contributed by atoms with E-state index < -0.39 is 6.10 Å². The van der Waals surface area contributed by atoms with Crippen molar-refractivity contribution in [1.82, 2.24) is 10.1 Å². The van der Waals surface area contributed by atoms with E-state index in [-0.39, 0.29) is 11.9 Å². The lowest BCUT2D eigenvalue weighted by atomic mass is 10.0. The lowest BCUT2D eigenvalue weighted by Gasteiger charge is -2.23. The van der Waals surface area contributed by atoms with Crippen LogP contribution < -0.4 is 0 Å². The van der Waals surface area contributed by atoms with E-state index in [0.717, 1.165) is 17.0 Å². The van der Waals surface area contributed by atoms with Gasteiger partial charge >= 0.3 is 0 Å². The van der Waals surface area contributed by atoms with Gasteiger partial charge in [0.15, 0.2) is 5.76 Å². The number of β-amino-alcohol motifs (C(OH)–C–C–N with tert-alkyl or cyclic N) is 1. The summed E-state index contributed by atoms with van der Waals surface area (Å²) in [5.41, 5.74) is 1.72. The third-order valence-corrected chi connectivity index (χ3v) is 3.65. The molecule has 1 fully saturated rings. The van der Waals surface area contributed by atoms with Crippen LogP contribution in [0.1, 0.15) is 29.5 Å². The summed E-state index contributed by atoms with van der Waals surface area (Å²) in [7, 11) is 0. The number of rotatable bonds is 3. The fourth-order valence-electron chi connectivity index (χ4n) is 2.81. The minimum absolute atomic E-state index is 0.00565. The molecule has 2 aromatic rings. The average molecular weight is 276 g/mol. The second-order valence-electron chi connectivity index (χ2n) is 5.32. The van der Waals surface area contributed by atoms with E-state index in [1.54, 1.807) is 6.07 Å². The van der Waals surface area contributed by atoms with Crippen molar-refractivity contribution >= 4 is 0 Å². The highest BCUT2D eigenvalue weighted by molar-refractivity contribution is 5.22. The Morgan fingerprint density at radius 3 is 3.00 bits per heavy atom. The normalized spacial score (nSPS) is 23.4. The molecule has 1 saturated heterocycles. The lowest BCUT2D eigenvalue weighted by Crippen LogP contribution is -2.24. The maximum absolute atomic E-state index is 13.4. The summed E-state index contributed by atoms with van der Waals surface area (Å²) in [6.07, 6.45) is 0.212. The molecule has 0 amide bonds. The van der Waals surface area contributed by atoms with Crippen LogP contribution in [0.3, 0.4) is 0 Å². The number of benzene rings is 1. The zero-order valence-corrected chi connectivity index (χ0v) is 11.3. The van der Waals surface area contributed by atoms with Gasteiger partial charge in [0.2, 0.25) is 0 Å². The molecule has 0 unspecified atom stereocenters. The third kappa shape index (κ3) is 2.73. The van der Waals surface area contributed by atoms with Crippen molar-refractivity contribution in [3.8, 4) is 0 Å². The molecule has 0 radical (unpaired) electrons. The molecular weight excluding hydrogens is 259 g/mol. The minimum Gasteiger partial charge on any atom is -0.392 e. The first-order valence-electron chi connectivity index (χ1n) is 6.71. The van der Waals surface area contributed by atoms with Crippen molar-refractivity contribution in [2.45, 2.75) is 32.0 Å². The van der Waals surface area contributed by atoms with Gasteiger partial charge in [-0.1, -0.05) is 17.3 Å². The van der Waals surface area contributed by atoms with Gasteiger partial charge in [-0.25, -0.2) is 4.39 Å². The topological polar surface area (TPSA) is 49.5 Å². The van der Waals surface area contributed by atoms with Crippen LogP contribution in [0.5, 0.6) is 0 Å². The molecular formula is C15H17FN2O2. The number of aliphatic hydroxyl groups is 1. The van der Waals surface area contributed by atoms with E-state index in [1.807, 2.05) is 19.1 Å². The van der Waals surface area contributed by atoms with Crippen molar-refractivity contribution < 1.29 is 14.0 Å². The Labute approximate surface area is 116 Å². The molecule has 0 bridgehead atoms. The molecule has 5 heteroatoms. The molecule has 106 valence electrons. The van der Waals surface area contributed by atoms with E-state index >= 15 is 0 Å². The molecule has 4 nitrogen and oxygen atoms in total. The predicted octanol–water partition coefficient (Wildman–Crippen LogP) is 2.43. The highest BCUT2D eigenvalue weighted by atomic mass is 19.1. The van der Waals surface area contributed by atoms with Crippen molar-refractivity contribution in [2.75, 3.05) is 6.54 Å². The molecule has 1 aliphatic rings. The van der Waals surface area contributed by atoms with Crippen molar-refractivity contribution in [1.29, 1.82) is 0 Å². The van der Waals surface area contributed by atoms with Crippen molar-refractivity contribution in [2.24, 2.45) is 0 Å². The smallest absolute Gasteiger partial charge is 0.150 e. The molecule has 2 heterocycles. The van der Waals surface area contributed by atoms with E-state index in [0.29, 0.717) is 19.5 Å². The first-order valence-corrected chi connectivity index (χ1v) is 6.71. The van der Waals surface area contributed by atoms with Crippen LogP contribution >= 0.6 is 0 Å². The van der Waals surface area contributed by atoms with Gasteiger partial charge in [0.25, 0.3) is 0 Å². The molecule has 1 aromatic carbocycles. The second kappa shape index (κ2) is 5.34. The third-order valence-electron chi connectivity index (χ3n) is 3.65. The van der Waals surface area contributed by atoms with Crippen molar-refractivity contribution in [3.05, 3.63) is 53.2 Å². The Morgan fingerprint density at radius 1 is 1.45 bits per heavy atom. The standard InChI is InChI=1S/C15H17FN2O2/c1-10-5-14(20-17-10)9-18-8-13(19)7-15(18)11-3-2-4-12(16)6-11/h2-6,13,15,19H,7-9H2,1H3/t13-,15-/m1/s1. The minimum atomic E-state index is -0.396. The summed E-state index contributed by atoms with van der Waals surface area (Å²) >= 11 is 0. The van der Waals surface area contributed by atoms with Crippen LogP contribution in [0.25, 0.3) is 0 Å². The largest absolute Gasteiger partial charge is 0.392 e. The fraction of sp³-hybridized carbons (Fsp3) is 0.400. The van der Waals surface area contributed by atoms with E-state index in [2.05, 4.69) is 10.1 Å². The summed E-state index contributed by atoms with van der Waals surface area (Å²) in [5, 5.41) is 13.8. The van der Waals surface area contributed by atoms with Gasteiger partial charge in [0.1, 0.15) is 5.82 Å². The maximum Gasteiger partial charge on any atom is 0.150 e. The van der Waals surface area contributed by atoms with Gasteiger partial charge in [-0.2, -0.15) is 0 Å². The zero-order valence-electron chi connectivity index (χ0n) is 11.3. The molecule has 20 heavy (non-hydrogen) atoms. The predicted molar refractivity (Wildman–Crippen MR) is 71.4 cm³/mol. The van der Waals surface area contributed by atoms with Crippen LogP contribution in [0.4, 0.5) is 4.39 Å². The zero-order chi connectivity index (χ0) is 14.1. The Hall–Kier alpha value is -1.72. The lowest BCUT2D eigenvalue weighted by molar-refractivity contribution is 0.166. The molecule has 1 aromatic heterocycles. The van der Waals surface area contributed by atoms with Crippen LogP contribution in [-0.2, 0) is 6.54 Å². The molecule has 1 aliphatic heterocycles. The number of aromatic nitrogens is 1. The van der Waals surface area contributed by atoms with Gasteiger partial charge in [0, 0.05) is 18.7 Å². The highest BCUT2D eigenvalue weighted by Gasteiger charge is 2.32. The number of hydrogen-bond acceptors (Lipinski definition) is 4. The van der Waals surface area contributed by atoms with E-state index in [9.17, 15) is 9.50 Å². The number of nitrogens with zero attached hydrogens (tertiary/aromatic N) is 2. The molecule has 1 N–H and O–H groups in total. The summed E-state index contributed by atoms with van der Waals surface area (Å²) in [6.45, 7) is 3.00. The monoisotopic (exact) mass is 276 g/mol. The molecule has 0 spiro atoms. The highest BCUT2D eigenvalue weighted by Crippen LogP contribution is 2.33. The number of aryl methyl sites for hydroxylation is 1. The van der Waals surface area contributed by atoms with Crippen LogP contribution in [-0.4, -0.2) is 27.8 Å². The number of hydrogen-bond donors (Lipinski definition) is 1. The Morgan fingerprint density at radius 2 is 2.30 bits per heavy atom. The van der Waals surface area contributed by atoms with E-state index in [4.69, 9.17) is 4.52 Å². The second-order valence-corrected chi connectivity index (χ2v) is 5.32. The number of aliphatic hydroxyl groups excluding tert-OH is 1. The Balaban J connectivity index is 1.81. The van der Waals surface area contributed by atoms with Gasteiger partial charge < -0.3 is 9.63 Å². The van der Waals surface area contributed by atoms with E-state index in [1.165, 1.54) is 12.1 Å². The number of likely N-dealkylation sites (tertiary alicyclic amines) is 1. The van der Waals surface area contributed by atoms with Gasteiger partial charge in [-0.05, 0) is 31.0 Å². The molecule has 2 atom stereocenters. The van der Waals surface area contributed by atoms with Gasteiger partial charge in [0.05, 0.1) is 18.3 Å². The summed E-state index contributed by atoms with van der Waals surface area (Å²) in [6, 6.07) is 8.44. The Kier molecular flexibility index (Phi) is 3.54. The first-order chi connectivity index (χ1) is 9.61. The fourth-order valence-corrected chi connectivity index (χ4v) is 2.81. The average Bonchev–Trinajstić information content (AvgIpc) is 2.96. The van der Waals surface area contributed by atoms with Crippen LogP contribution in [0.2, 0.25) is 0 Å². The maximum atomic E-state index is 13.4. The molecule has 0 aliphatic carbocycles. The van der Waals surface area contributed by atoms with Crippen molar-refractivity contribution in [3.63, 3.8) is 0 Å². The molecule has 0 saturated carbocycles. The van der Waals surface area contributed by atoms with Crippen LogP contribution in [0.15, 0.2) is 34.9 Å². The van der Waals surface area contributed by atoms with Crippen LogP contribution in [0, 0.1) is 12.7 Å². The SMILES string of the molecule is Cc1cc(CN2C[C@H](O)C[C@@H]2c2cccc(F)c2)on1.